The quantitative estimate of drug-likeness (QED) is 0.642. The van der Waals surface area contributed by atoms with Crippen LogP contribution in [0.15, 0.2) is 30.5 Å². The minimum absolute atomic E-state index is 0.141. The number of aryl methyl sites for hydroxylation is 4. The summed E-state index contributed by atoms with van der Waals surface area (Å²) in [5, 5.41) is 2.88. The van der Waals surface area contributed by atoms with Gasteiger partial charge in [-0.2, -0.15) is 13.2 Å². The first-order valence-corrected chi connectivity index (χ1v) is 9.09. The van der Waals surface area contributed by atoms with Crippen LogP contribution >= 0.6 is 0 Å². The van der Waals surface area contributed by atoms with Gasteiger partial charge in [0.15, 0.2) is 0 Å². The van der Waals surface area contributed by atoms with E-state index >= 15 is 0 Å². The largest absolute Gasteiger partial charge is 0.417 e. The van der Waals surface area contributed by atoms with Crippen molar-refractivity contribution in [3.8, 4) is 0 Å². The summed E-state index contributed by atoms with van der Waals surface area (Å²) >= 11 is 0. The van der Waals surface area contributed by atoms with Crippen LogP contribution in [0.25, 0.3) is 5.65 Å². The van der Waals surface area contributed by atoms with Gasteiger partial charge in [-0.25, -0.2) is 4.98 Å². The summed E-state index contributed by atoms with van der Waals surface area (Å²) in [6, 6.07) is 6.17. The van der Waals surface area contributed by atoms with Gasteiger partial charge in [0.1, 0.15) is 11.3 Å². The minimum Gasteiger partial charge on any atom is -0.320 e. The van der Waals surface area contributed by atoms with E-state index in [1.165, 1.54) is 10.5 Å². The zero-order valence-electron chi connectivity index (χ0n) is 16.2. The maximum atomic E-state index is 13.2. The highest BCUT2D eigenvalue weighted by Crippen LogP contribution is 2.30. The first-order valence-electron chi connectivity index (χ1n) is 9.09. The molecule has 2 heterocycles. The van der Waals surface area contributed by atoms with Crippen LogP contribution in [0.5, 0.6) is 0 Å². The molecule has 1 aromatic carbocycles. The number of alkyl halides is 3. The normalized spacial score (nSPS) is 11.8. The van der Waals surface area contributed by atoms with Crippen molar-refractivity contribution >= 4 is 17.2 Å². The Morgan fingerprint density at radius 3 is 2.36 bits per heavy atom. The third-order valence-electron chi connectivity index (χ3n) is 4.64. The molecule has 0 saturated heterocycles. The number of aromatic nitrogens is 2. The standard InChI is InChI=1S/C21H22F3N3O/c1-5-6-16-19(20(28)26-18-13(3)9-12(2)10-14(18)4)27-11-15(21(22,23)24)7-8-17(27)25-16/h7-11H,5-6H2,1-4H3,(H,26,28). The Morgan fingerprint density at radius 2 is 1.79 bits per heavy atom. The molecular weight excluding hydrogens is 367 g/mol. The van der Waals surface area contributed by atoms with Gasteiger partial charge >= 0.3 is 6.18 Å². The number of hydrogen-bond acceptors (Lipinski definition) is 2. The number of halogens is 3. The van der Waals surface area contributed by atoms with E-state index in [0.29, 0.717) is 23.4 Å². The van der Waals surface area contributed by atoms with E-state index in [4.69, 9.17) is 0 Å². The van der Waals surface area contributed by atoms with Crippen LogP contribution < -0.4 is 5.32 Å². The fourth-order valence-electron chi connectivity index (χ4n) is 3.46. The van der Waals surface area contributed by atoms with Crippen molar-refractivity contribution in [3.05, 3.63) is 64.1 Å². The van der Waals surface area contributed by atoms with Crippen molar-refractivity contribution in [2.24, 2.45) is 0 Å². The highest BCUT2D eigenvalue weighted by atomic mass is 19.4. The fourth-order valence-corrected chi connectivity index (χ4v) is 3.46. The zero-order chi connectivity index (χ0) is 20.6. The summed E-state index contributed by atoms with van der Waals surface area (Å²) in [6.07, 6.45) is -2.34. The Morgan fingerprint density at radius 1 is 1.14 bits per heavy atom. The first kappa shape index (κ1) is 19.9. The summed E-state index contributed by atoms with van der Waals surface area (Å²) in [6.45, 7) is 7.67. The SMILES string of the molecule is CCCc1nc2ccc(C(F)(F)F)cn2c1C(=O)Nc1c(C)cc(C)cc1C. The van der Waals surface area contributed by atoms with Gasteiger partial charge in [0.05, 0.1) is 11.3 Å². The predicted octanol–water partition coefficient (Wildman–Crippen LogP) is 5.48. The number of carbonyl (C=O) groups is 1. The molecule has 0 bridgehead atoms. The lowest BCUT2D eigenvalue weighted by Crippen LogP contribution is -2.18. The van der Waals surface area contributed by atoms with Crippen molar-refractivity contribution in [2.45, 2.75) is 46.7 Å². The van der Waals surface area contributed by atoms with Gasteiger partial charge in [0.2, 0.25) is 0 Å². The molecule has 3 rings (SSSR count). The molecule has 0 fully saturated rings. The lowest BCUT2D eigenvalue weighted by atomic mass is 10.0. The molecule has 3 aromatic rings. The molecule has 0 aliphatic heterocycles. The molecule has 0 aliphatic carbocycles. The van der Waals surface area contributed by atoms with Crippen molar-refractivity contribution in [1.29, 1.82) is 0 Å². The number of fused-ring (bicyclic) bond motifs is 1. The van der Waals surface area contributed by atoms with Crippen molar-refractivity contribution in [3.63, 3.8) is 0 Å². The molecule has 28 heavy (non-hydrogen) atoms. The maximum absolute atomic E-state index is 13.2. The Balaban J connectivity index is 2.12. The average Bonchev–Trinajstić information content (AvgIpc) is 2.94. The lowest BCUT2D eigenvalue weighted by Gasteiger charge is -2.14. The summed E-state index contributed by atoms with van der Waals surface area (Å²) in [4.78, 5) is 17.5. The Bertz CT molecular complexity index is 1030. The molecule has 7 heteroatoms. The summed E-state index contributed by atoms with van der Waals surface area (Å²) in [5.74, 6) is -0.467. The third kappa shape index (κ3) is 3.74. The summed E-state index contributed by atoms with van der Waals surface area (Å²) in [7, 11) is 0. The second-order valence-electron chi connectivity index (χ2n) is 7.03. The van der Waals surface area contributed by atoms with E-state index < -0.39 is 17.6 Å². The van der Waals surface area contributed by atoms with Gasteiger partial charge in [-0.05, 0) is 50.5 Å². The van der Waals surface area contributed by atoms with Crippen LogP contribution in [0.3, 0.4) is 0 Å². The summed E-state index contributed by atoms with van der Waals surface area (Å²) < 4.78 is 40.7. The number of carbonyl (C=O) groups excluding carboxylic acids is 1. The van der Waals surface area contributed by atoms with E-state index in [0.717, 1.165) is 35.4 Å². The van der Waals surface area contributed by atoms with Crippen LogP contribution in [0.2, 0.25) is 0 Å². The number of hydrogen-bond donors (Lipinski definition) is 1. The summed E-state index contributed by atoms with van der Waals surface area (Å²) in [5.41, 5.74) is 3.66. The van der Waals surface area contributed by atoms with Crippen LogP contribution in [-0.2, 0) is 12.6 Å². The minimum atomic E-state index is -4.50. The molecular formula is C21H22F3N3O. The number of nitrogens with one attached hydrogen (secondary N) is 1. The van der Waals surface area contributed by atoms with Crippen LogP contribution in [-0.4, -0.2) is 15.3 Å². The van der Waals surface area contributed by atoms with Gasteiger partial charge in [0.25, 0.3) is 5.91 Å². The second-order valence-corrected chi connectivity index (χ2v) is 7.03. The van der Waals surface area contributed by atoms with E-state index in [1.807, 2.05) is 39.8 Å². The monoisotopic (exact) mass is 389 g/mol. The predicted molar refractivity (Wildman–Crippen MR) is 103 cm³/mol. The van der Waals surface area contributed by atoms with E-state index in [1.54, 1.807) is 0 Å². The van der Waals surface area contributed by atoms with Crippen LogP contribution in [0.4, 0.5) is 18.9 Å². The molecule has 4 nitrogen and oxygen atoms in total. The Hall–Kier alpha value is -2.83. The van der Waals surface area contributed by atoms with Gasteiger partial charge in [-0.15, -0.1) is 0 Å². The highest BCUT2D eigenvalue weighted by Gasteiger charge is 2.32. The van der Waals surface area contributed by atoms with Gasteiger partial charge in [-0.3, -0.25) is 9.20 Å². The first-order chi connectivity index (χ1) is 13.1. The van der Waals surface area contributed by atoms with Crippen LogP contribution in [0.1, 0.15) is 51.8 Å². The molecule has 0 saturated carbocycles. The molecule has 2 aromatic heterocycles. The third-order valence-corrected chi connectivity index (χ3v) is 4.64. The number of amides is 1. The molecule has 0 aliphatic rings. The Kier molecular flexibility index (Phi) is 5.19. The molecule has 0 radical (unpaired) electrons. The van der Waals surface area contributed by atoms with Crippen molar-refractivity contribution in [1.82, 2.24) is 9.38 Å². The highest BCUT2D eigenvalue weighted by molar-refractivity contribution is 6.05. The topological polar surface area (TPSA) is 46.4 Å². The molecule has 1 amide bonds. The second kappa shape index (κ2) is 7.30. The van der Waals surface area contributed by atoms with E-state index in [-0.39, 0.29) is 5.69 Å². The Labute approximate surface area is 161 Å². The van der Waals surface area contributed by atoms with Crippen LogP contribution in [0, 0.1) is 20.8 Å². The number of nitrogens with zero attached hydrogens (tertiary/aromatic N) is 2. The number of rotatable bonds is 4. The van der Waals surface area contributed by atoms with E-state index in [2.05, 4.69) is 10.3 Å². The molecule has 0 spiro atoms. The molecule has 0 atom stereocenters. The van der Waals surface area contributed by atoms with Gasteiger partial charge < -0.3 is 5.32 Å². The smallest absolute Gasteiger partial charge is 0.320 e. The molecule has 148 valence electrons. The number of pyridine rings is 1. The molecule has 1 N–H and O–H groups in total. The number of benzene rings is 1. The number of imidazole rings is 1. The zero-order valence-corrected chi connectivity index (χ0v) is 16.2. The van der Waals surface area contributed by atoms with Crippen molar-refractivity contribution < 1.29 is 18.0 Å². The molecule has 0 unspecified atom stereocenters. The fraction of sp³-hybridized carbons (Fsp3) is 0.333. The lowest BCUT2D eigenvalue weighted by molar-refractivity contribution is -0.137. The average molecular weight is 389 g/mol. The van der Waals surface area contributed by atoms with Crippen molar-refractivity contribution in [2.75, 3.05) is 5.32 Å². The number of anilines is 1. The van der Waals surface area contributed by atoms with Gasteiger partial charge in [-0.1, -0.05) is 31.0 Å². The van der Waals surface area contributed by atoms with Gasteiger partial charge in [0, 0.05) is 11.9 Å². The van der Waals surface area contributed by atoms with E-state index in [9.17, 15) is 18.0 Å². The maximum Gasteiger partial charge on any atom is 0.417 e.